The van der Waals surface area contributed by atoms with Crippen LogP contribution >= 0.6 is 0 Å². The van der Waals surface area contributed by atoms with Crippen molar-refractivity contribution in [2.45, 2.75) is 154 Å². The minimum atomic E-state index is 0.421. The van der Waals surface area contributed by atoms with Gasteiger partial charge in [-0.15, -0.1) is 0 Å². The number of unbranched alkanes of at least 4 members (excludes halogenated alkanes) is 13. The molecule has 0 fully saturated rings. The van der Waals surface area contributed by atoms with Crippen LogP contribution in [0, 0.1) is 0 Å². The van der Waals surface area contributed by atoms with E-state index in [1.165, 1.54) is 128 Å². The third-order valence-corrected chi connectivity index (χ3v) is 5.76. The lowest BCUT2D eigenvalue weighted by Crippen LogP contribution is -2.21. The lowest BCUT2D eigenvalue weighted by atomic mass is 9.98. The highest BCUT2D eigenvalue weighted by molar-refractivity contribution is 4.65. The number of rotatable bonds is 21. The zero-order valence-corrected chi connectivity index (χ0v) is 18.5. The van der Waals surface area contributed by atoms with E-state index in [4.69, 9.17) is 11.5 Å². The second-order valence-electron chi connectivity index (χ2n) is 8.62. The number of hydrogen-bond donors (Lipinski definition) is 2. The molecule has 158 valence electrons. The summed E-state index contributed by atoms with van der Waals surface area (Å²) in [7, 11) is 0. The summed E-state index contributed by atoms with van der Waals surface area (Å²) in [5, 5.41) is 0. The summed E-state index contributed by atoms with van der Waals surface area (Å²) in [6.07, 6.45) is 26.7. The molecule has 26 heavy (non-hydrogen) atoms. The maximum absolute atomic E-state index is 6.27. The van der Waals surface area contributed by atoms with Gasteiger partial charge in [0.05, 0.1) is 0 Å². The molecule has 2 heteroatoms. The summed E-state index contributed by atoms with van der Waals surface area (Å²) in [6, 6.07) is 0.843. The molecule has 0 aromatic heterocycles. The molecule has 0 aliphatic rings. The van der Waals surface area contributed by atoms with Crippen molar-refractivity contribution < 1.29 is 0 Å². The van der Waals surface area contributed by atoms with Gasteiger partial charge in [0.1, 0.15) is 0 Å². The summed E-state index contributed by atoms with van der Waals surface area (Å²) in [4.78, 5) is 0. The fourth-order valence-corrected chi connectivity index (χ4v) is 3.83. The van der Waals surface area contributed by atoms with Crippen LogP contribution in [0.1, 0.15) is 142 Å². The maximum atomic E-state index is 6.27. The quantitative estimate of drug-likeness (QED) is 0.206. The first kappa shape index (κ1) is 25.9. The molecule has 0 aliphatic heterocycles. The smallest absolute Gasteiger partial charge is 0.00388 e. The van der Waals surface area contributed by atoms with Gasteiger partial charge in [-0.3, -0.25) is 0 Å². The average molecular weight is 369 g/mol. The highest BCUT2D eigenvalue weighted by Gasteiger charge is 2.05. The molecular formula is C24H52N2. The summed E-state index contributed by atoms with van der Waals surface area (Å²) >= 11 is 0. The van der Waals surface area contributed by atoms with E-state index in [1.807, 2.05) is 0 Å². The molecule has 0 bridgehead atoms. The Bertz CT molecular complexity index is 229. The van der Waals surface area contributed by atoms with Crippen LogP contribution in [0.15, 0.2) is 0 Å². The normalized spacial score (nSPS) is 13.8. The topological polar surface area (TPSA) is 52.0 Å². The first-order valence-corrected chi connectivity index (χ1v) is 12.2. The van der Waals surface area contributed by atoms with Gasteiger partial charge in [-0.1, -0.05) is 117 Å². The Morgan fingerprint density at radius 3 is 0.923 bits per heavy atom. The Balaban J connectivity index is 3.28. The highest BCUT2D eigenvalue weighted by Crippen LogP contribution is 2.14. The molecule has 2 unspecified atom stereocenters. The Morgan fingerprint density at radius 2 is 0.615 bits per heavy atom. The van der Waals surface area contributed by atoms with E-state index in [-0.39, 0.29) is 0 Å². The van der Waals surface area contributed by atoms with Crippen LogP contribution in [0.5, 0.6) is 0 Å². The Morgan fingerprint density at radius 1 is 0.385 bits per heavy atom. The zero-order valence-electron chi connectivity index (χ0n) is 18.5. The van der Waals surface area contributed by atoms with E-state index < -0.39 is 0 Å². The number of nitrogens with two attached hydrogens (primary N) is 2. The van der Waals surface area contributed by atoms with Crippen LogP contribution in [-0.4, -0.2) is 12.1 Å². The van der Waals surface area contributed by atoms with Crippen LogP contribution in [0.25, 0.3) is 0 Å². The highest BCUT2D eigenvalue weighted by atomic mass is 14.6. The van der Waals surface area contributed by atoms with Gasteiger partial charge in [-0.05, 0) is 25.7 Å². The third kappa shape index (κ3) is 20.2. The predicted octanol–water partition coefficient (Wildman–Crippen LogP) is 7.48. The van der Waals surface area contributed by atoms with E-state index in [9.17, 15) is 0 Å². The van der Waals surface area contributed by atoms with Crippen molar-refractivity contribution in [2.24, 2.45) is 11.5 Å². The van der Waals surface area contributed by atoms with Crippen molar-refractivity contribution in [1.82, 2.24) is 0 Å². The molecule has 0 heterocycles. The van der Waals surface area contributed by atoms with E-state index in [0.29, 0.717) is 12.1 Å². The lowest BCUT2D eigenvalue weighted by molar-refractivity contribution is 0.458. The standard InChI is InChI=1S/C24H52N2/c1-3-5-7-9-11-13-15-19-23(25)21-17-18-22-24(26)20-16-14-12-10-8-6-4-2/h23-24H,3-22,25-26H2,1-2H3. The van der Waals surface area contributed by atoms with E-state index in [0.717, 1.165) is 0 Å². The molecular weight excluding hydrogens is 316 g/mol. The minimum Gasteiger partial charge on any atom is -0.328 e. The molecule has 0 radical (unpaired) electrons. The van der Waals surface area contributed by atoms with Crippen molar-refractivity contribution in [1.29, 1.82) is 0 Å². The van der Waals surface area contributed by atoms with Gasteiger partial charge in [-0.2, -0.15) is 0 Å². The molecule has 2 atom stereocenters. The van der Waals surface area contributed by atoms with Crippen LogP contribution in [-0.2, 0) is 0 Å². The molecule has 0 amide bonds. The van der Waals surface area contributed by atoms with Crippen molar-refractivity contribution in [3.63, 3.8) is 0 Å². The largest absolute Gasteiger partial charge is 0.328 e. The molecule has 0 rings (SSSR count). The summed E-state index contributed by atoms with van der Waals surface area (Å²) in [5.74, 6) is 0. The average Bonchev–Trinajstić information content (AvgIpc) is 2.64. The molecule has 0 saturated carbocycles. The van der Waals surface area contributed by atoms with Crippen LogP contribution < -0.4 is 11.5 Å². The zero-order chi connectivity index (χ0) is 19.3. The van der Waals surface area contributed by atoms with Gasteiger partial charge in [0.15, 0.2) is 0 Å². The van der Waals surface area contributed by atoms with Gasteiger partial charge in [-0.25, -0.2) is 0 Å². The summed E-state index contributed by atoms with van der Waals surface area (Å²) in [5.41, 5.74) is 12.5. The molecule has 4 N–H and O–H groups in total. The predicted molar refractivity (Wildman–Crippen MR) is 120 cm³/mol. The van der Waals surface area contributed by atoms with Gasteiger partial charge in [0.25, 0.3) is 0 Å². The molecule has 0 aromatic carbocycles. The monoisotopic (exact) mass is 368 g/mol. The second-order valence-corrected chi connectivity index (χ2v) is 8.62. The fraction of sp³-hybridized carbons (Fsp3) is 1.00. The van der Waals surface area contributed by atoms with E-state index >= 15 is 0 Å². The molecule has 0 spiro atoms. The van der Waals surface area contributed by atoms with Gasteiger partial charge < -0.3 is 11.5 Å². The Labute approximate surface area is 166 Å². The van der Waals surface area contributed by atoms with E-state index in [1.54, 1.807) is 0 Å². The Kier molecular flexibility index (Phi) is 21.2. The minimum absolute atomic E-state index is 0.421. The van der Waals surface area contributed by atoms with Crippen LogP contribution in [0.3, 0.4) is 0 Å². The van der Waals surface area contributed by atoms with Crippen molar-refractivity contribution in [3.05, 3.63) is 0 Å². The first-order valence-electron chi connectivity index (χ1n) is 12.2. The van der Waals surface area contributed by atoms with Crippen molar-refractivity contribution in [3.8, 4) is 0 Å². The summed E-state index contributed by atoms with van der Waals surface area (Å²) < 4.78 is 0. The fourth-order valence-electron chi connectivity index (χ4n) is 3.83. The summed E-state index contributed by atoms with van der Waals surface area (Å²) in [6.45, 7) is 4.56. The van der Waals surface area contributed by atoms with Gasteiger partial charge in [0, 0.05) is 12.1 Å². The molecule has 0 saturated heterocycles. The molecule has 2 nitrogen and oxygen atoms in total. The lowest BCUT2D eigenvalue weighted by Gasteiger charge is -2.14. The third-order valence-electron chi connectivity index (χ3n) is 5.76. The molecule has 0 aromatic rings. The second kappa shape index (κ2) is 21.2. The van der Waals surface area contributed by atoms with E-state index in [2.05, 4.69) is 13.8 Å². The maximum Gasteiger partial charge on any atom is 0.00388 e. The van der Waals surface area contributed by atoms with Gasteiger partial charge >= 0.3 is 0 Å². The van der Waals surface area contributed by atoms with Crippen LogP contribution in [0.2, 0.25) is 0 Å². The Hall–Kier alpha value is -0.0800. The number of hydrogen-bond acceptors (Lipinski definition) is 2. The van der Waals surface area contributed by atoms with Crippen LogP contribution in [0.4, 0.5) is 0 Å². The SMILES string of the molecule is CCCCCCCCCC(N)CCCCC(N)CCCCCCCCC. The first-order chi connectivity index (χ1) is 12.7. The molecule has 0 aliphatic carbocycles. The van der Waals surface area contributed by atoms with Gasteiger partial charge in [0.2, 0.25) is 0 Å². The van der Waals surface area contributed by atoms with Crippen molar-refractivity contribution >= 4 is 0 Å². The van der Waals surface area contributed by atoms with Crippen molar-refractivity contribution in [2.75, 3.05) is 0 Å².